The van der Waals surface area contributed by atoms with Crippen molar-refractivity contribution in [3.05, 3.63) is 29.8 Å². The number of nitrogens with zero attached hydrogens (tertiary/aromatic N) is 2. The molecule has 0 atom stereocenters. The Balaban J connectivity index is 1.51. The molecule has 2 aliphatic rings. The summed E-state index contributed by atoms with van der Waals surface area (Å²) in [6.07, 6.45) is 3.66. The molecule has 1 aliphatic heterocycles. The van der Waals surface area contributed by atoms with Crippen LogP contribution in [0.25, 0.3) is 0 Å². The average molecular weight is 423 g/mol. The Morgan fingerprint density at radius 1 is 1.00 bits per heavy atom. The molecule has 1 heterocycles. The summed E-state index contributed by atoms with van der Waals surface area (Å²) in [5.74, 6) is -0.848. The lowest BCUT2D eigenvalue weighted by Crippen LogP contribution is -2.51. The molecule has 0 N–H and O–H groups in total. The van der Waals surface area contributed by atoms with Crippen molar-refractivity contribution in [3.63, 3.8) is 0 Å². The lowest BCUT2D eigenvalue weighted by Gasteiger charge is -2.34. The maximum atomic E-state index is 12.8. The molecule has 158 valence electrons. The van der Waals surface area contributed by atoms with Crippen molar-refractivity contribution in [1.29, 1.82) is 0 Å². The van der Waals surface area contributed by atoms with Gasteiger partial charge < -0.3 is 9.64 Å². The molecule has 0 unspecified atom stereocenters. The van der Waals surface area contributed by atoms with Gasteiger partial charge in [0.05, 0.1) is 10.8 Å². The molecule has 0 bridgehead atoms. The van der Waals surface area contributed by atoms with Crippen molar-refractivity contribution in [2.45, 2.75) is 37.5 Å². The van der Waals surface area contributed by atoms with Crippen LogP contribution in [-0.4, -0.2) is 68.1 Å². The number of esters is 1. The highest BCUT2D eigenvalue weighted by molar-refractivity contribution is 7.89. The Morgan fingerprint density at radius 3 is 2.14 bits per heavy atom. The third kappa shape index (κ3) is 5.02. The predicted octanol–water partition coefficient (Wildman–Crippen LogP) is 1.46. The Bertz CT molecular complexity index is 867. The van der Waals surface area contributed by atoms with Gasteiger partial charge in [0.1, 0.15) is 0 Å². The monoisotopic (exact) mass is 422 g/mol. The van der Waals surface area contributed by atoms with E-state index < -0.39 is 10.0 Å². The molecule has 2 fully saturated rings. The summed E-state index contributed by atoms with van der Waals surface area (Å²) < 4.78 is 32.0. The zero-order valence-electron chi connectivity index (χ0n) is 16.5. The summed E-state index contributed by atoms with van der Waals surface area (Å²) in [4.78, 5) is 37.2. The van der Waals surface area contributed by atoms with Crippen LogP contribution in [0.3, 0.4) is 0 Å². The second-order valence-electron chi connectivity index (χ2n) is 7.45. The largest absolute Gasteiger partial charge is 0.455 e. The van der Waals surface area contributed by atoms with Gasteiger partial charge in [-0.15, -0.1) is 0 Å². The molecular formula is C20H26N2O6S. The second kappa shape index (κ2) is 9.04. The van der Waals surface area contributed by atoms with Crippen molar-refractivity contribution in [2.24, 2.45) is 5.92 Å². The maximum absolute atomic E-state index is 12.8. The molecule has 0 spiro atoms. The van der Waals surface area contributed by atoms with E-state index in [4.69, 9.17) is 4.74 Å². The maximum Gasteiger partial charge on any atom is 0.309 e. The van der Waals surface area contributed by atoms with Gasteiger partial charge in [0.15, 0.2) is 12.4 Å². The van der Waals surface area contributed by atoms with E-state index in [-0.39, 0.29) is 61.3 Å². The van der Waals surface area contributed by atoms with Gasteiger partial charge in [-0.2, -0.15) is 4.31 Å². The SMILES string of the molecule is CC(=O)c1ccc(S(=O)(=O)N2CCN(C(=O)COC(=O)C3CCCC3)CC2)cc1. The van der Waals surface area contributed by atoms with E-state index in [9.17, 15) is 22.8 Å². The number of piperazine rings is 1. The minimum atomic E-state index is -3.69. The Kier molecular flexibility index (Phi) is 6.69. The highest BCUT2D eigenvalue weighted by Crippen LogP contribution is 2.25. The molecule has 8 nitrogen and oxygen atoms in total. The molecular weight excluding hydrogens is 396 g/mol. The zero-order valence-corrected chi connectivity index (χ0v) is 17.3. The fraction of sp³-hybridized carbons (Fsp3) is 0.550. The summed E-state index contributed by atoms with van der Waals surface area (Å²) in [6, 6.07) is 5.83. The standard InChI is InChI=1S/C20H26N2O6S/c1-15(23)16-6-8-18(9-7-16)29(26,27)22-12-10-21(11-13-22)19(24)14-28-20(25)17-4-2-3-5-17/h6-9,17H,2-5,10-14H2,1H3. The number of carbonyl (C=O) groups is 3. The normalized spacial score (nSPS) is 18.6. The molecule has 1 aromatic carbocycles. The molecule has 1 aromatic rings. The van der Waals surface area contributed by atoms with Gasteiger partial charge in [0.25, 0.3) is 5.91 Å². The molecule has 1 saturated carbocycles. The first-order chi connectivity index (χ1) is 13.8. The fourth-order valence-corrected chi connectivity index (χ4v) is 5.11. The van der Waals surface area contributed by atoms with E-state index in [1.807, 2.05) is 0 Å². The van der Waals surface area contributed by atoms with E-state index in [2.05, 4.69) is 0 Å². The van der Waals surface area contributed by atoms with Gasteiger partial charge in [-0.25, -0.2) is 8.42 Å². The van der Waals surface area contributed by atoms with Crippen molar-refractivity contribution in [1.82, 2.24) is 9.21 Å². The minimum absolute atomic E-state index is 0.0980. The molecule has 1 saturated heterocycles. The number of sulfonamides is 1. The minimum Gasteiger partial charge on any atom is -0.455 e. The summed E-state index contributed by atoms with van der Waals surface area (Å²) in [7, 11) is -3.69. The zero-order chi connectivity index (χ0) is 21.0. The lowest BCUT2D eigenvalue weighted by molar-refractivity contribution is -0.155. The van der Waals surface area contributed by atoms with Crippen molar-refractivity contribution >= 4 is 27.7 Å². The Hall–Kier alpha value is -2.26. The smallest absolute Gasteiger partial charge is 0.309 e. The number of rotatable bonds is 6. The number of hydrogen-bond donors (Lipinski definition) is 0. The van der Waals surface area contributed by atoms with E-state index in [1.165, 1.54) is 40.4 Å². The van der Waals surface area contributed by atoms with Crippen molar-refractivity contribution < 1.29 is 27.5 Å². The number of benzene rings is 1. The number of amides is 1. The number of hydrogen-bond acceptors (Lipinski definition) is 6. The topological polar surface area (TPSA) is 101 Å². The van der Waals surface area contributed by atoms with Gasteiger partial charge in [-0.1, -0.05) is 25.0 Å². The first kappa shape index (κ1) is 21.4. The molecule has 1 amide bonds. The van der Waals surface area contributed by atoms with Crippen LogP contribution in [0.4, 0.5) is 0 Å². The third-order valence-electron chi connectivity index (χ3n) is 5.52. The second-order valence-corrected chi connectivity index (χ2v) is 9.39. The Morgan fingerprint density at radius 2 is 1.59 bits per heavy atom. The van der Waals surface area contributed by atoms with E-state index in [1.54, 1.807) is 0 Å². The summed E-state index contributed by atoms with van der Waals surface area (Å²) in [5, 5.41) is 0. The number of ketones is 1. The van der Waals surface area contributed by atoms with Gasteiger partial charge in [-0.05, 0) is 31.9 Å². The van der Waals surface area contributed by atoms with Crippen LogP contribution >= 0.6 is 0 Å². The molecule has 0 aromatic heterocycles. The van der Waals surface area contributed by atoms with Crippen LogP contribution in [0.1, 0.15) is 43.0 Å². The van der Waals surface area contributed by atoms with Gasteiger partial charge >= 0.3 is 5.97 Å². The summed E-state index contributed by atoms with van der Waals surface area (Å²) >= 11 is 0. The van der Waals surface area contributed by atoms with Gasteiger partial charge in [0.2, 0.25) is 10.0 Å². The number of ether oxygens (including phenoxy) is 1. The lowest BCUT2D eigenvalue weighted by atomic mass is 10.1. The summed E-state index contributed by atoms with van der Waals surface area (Å²) in [6.45, 7) is 1.94. The van der Waals surface area contributed by atoms with Crippen molar-refractivity contribution in [3.8, 4) is 0 Å². The van der Waals surface area contributed by atoms with Crippen molar-refractivity contribution in [2.75, 3.05) is 32.8 Å². The highest BCUT2D eigenvalue weighted by atomic mass is 32.2. The van der Waals surface area contributed by atoms with E-state index in [0.29, 0.717) is 5.56 Å². The van der Waals surface area contributed by atoms with Crippen LogP contribution < -0.4 is 0 Å². The van der Waals surface area contributed by atoms with Crippen LogP contribution in [0.15, 0.2) is 29.2 Å². The van der Waals surface area contributed by atoms with E-state index in [0.717, 1.165) is 25.7 Å². The highest BCUT2D eigenvalue weighted by Gasteiger charge is 2.31. The van der Waals surface area contributed by atoms with E-state index >= 15 is 0 Å². The quantitative estimate of drug-likeness (QED) is 0.508. The number of Topliss-reactive ketones (excluding diaryl/α,β-unsaturated/α-hetero) is 1. The molecule has 29 heavy (non-hydrogen) atoms. The van der Waals surface area contributed by atoms with Gasteiger partial charge in [-0.3, -0.25) is 14.4 Å². The van der Waals surface area contributed by atoms with Crippen LogP contribution in [0.5, 0.6) is 0 Å². The van der Waals surface area contributed by atoms with Crippen LogP contribution in [-0.2, 0) is 24.3 Å². The first-order valence-corrected chi connectivity index (χ1v) is 11.3. The Labute approximate surface area is 170 Å². The number of carbonyl (C=O) groups excluding carboxylic acids is 3. The van der Waals surface area contributed by atoms with Gasteiger partial charge in [0, 0.05) is 31.7 Å². The fourth-order valence-electron chi connectivity index (χ4n) is 3.69. The first-order valence-electron chi connectivity index (χ1n) is 9.84. The van der Waals surface area contributed by atoms with Crippen LogP contribution in [0, 0.1) is 5.92 Å². The molecule has 0 radical (unpaired) electrons. The summed E-state index contributed by atoms with van der Waals surface area (Å²) in [5.41, 5.74) is 0.450. The molecule has 1 aliphatic carbocycles. The third-order valence-corrected chi connectivity index (χ3v) is 7.43. The molecule has 9 heteroatoms. The molecule has 3 rings (SSSR count). The predicted molar refractivity (Wildman–Crippen MR) is 105 cm³/mol. The average Bonchev–Trinajstić information content (AvgIpc) is 3.27. The van der Waals surface area contributed by atoms with Crippen LogP contribution in [0.2, 0.25) is 0 Å².